The van der Waals surface area contributed by atoms with Crippen molar-refractivity contribution in [3.05, 3.63) is 59.1 Å². The largest absolute Gasteiger partial charge is 0.478 e. The van der Waals surface area contributed by atoms with Crippen molar-refractivity contribution in [3.63, 3.8) is 0 Å². The van der Waals surface area contributed by atoms with Crippen LogP contribution in [0.3, 0.4) is 0 Å². The summed E-state index contributed by atoms with van der Waals surface area (Å²) in [5.74, 6) is -1.01. The number of carbonyl (C=O) groups is 1. The van der Waals surface area contributed by atoms with Crippen LogP contribution in [0, 0.1) is 0 Å². The molecule has 1 heterocycles. The Balaban J connectivity index is 2.28. The highest BCUT2D eigenvalue weighted by Crippen LogP contribution is 2.27. The summed E-state index contributed by atoms with van der Waals surface area (Å²) in [6, 6.07) is 13.7. The van der Waals surface area contributed by atoms with E-state index in [1.54, 1.807) is 36.4 Å². The Hall–Kier alpha value is -2.59. The van der Waals surface area contributed by atoms with Gasteiger partial charge in [-0.25, -0.2) is 9.78 Å². The molecule has 0 atom stereocenters. The molecule has 0 bridgehead atoms. The second kappa shape index (κ2) is 5.07. The van der Waals surface area contributed by atoms with Gasteiger partial charge in [0, 0.05) is 21.7 Å². The second-order valence-electron chi connectivity index (χ2n) is 4.64. The highest BCUT2D eigenvalue weighted by atomic mass is 35.5. The van der Waals surface area contributed by atoms with Gasteiger partial charge in [-0.1, -0.05) is 23.7 Å². The van der Waals surface area contributed by atoms with E-state index in [1.165, 1.54) is 0 Å². The van der Waals surface area contributed by atoms with Gasteiger partial charge in [0.05, 0.1) is 16.8 Å². The van der Waals surface area contributed by atoms with Crippen LogP contribution >= 0.6 is 11.6 Å². The standard InChI is InChI=1S/C16H11ClN2O2/c17-10-3-6-14-12(7-10)13(16(20)21)8-15(19-14)9-1-4-11(18)5-2-9/h1-8H,18H2,(H,20,21). The topological polar surface area (TPSA) is 76.2 Å². The van der Waals surface area contributed by atoms with Gasteiger partial charge < -0.3 is 10.8 Å². The molecule has 3 N–H and O–H groups in total. The fourth-order valence-corrected chi connectivity index (χ4v) is 2.35. The average Bonchev–Trinajstić information content (AvgIpc) is 2.46. The zero-order chi connectivity index (χ0) is 15.0. The van der Waals surface area contributed by atoms with Gasteiger partial charge in [0.1, 0.15) is 0 Å². The molecule has 21 heavy (non-hydrogen) atoms. The van der Waals surface area contributed by atoms with E-state index in [0.717, 1.165) is 5.56 Å². The summed E-state index contributed by atoms with van der Waals surface area (Å²) in [5.41, 5.74) is 8.46. The molecule has 0 spiro atoms. The molecular formula is C16H11ClN2O2. The summed E-state index contributed by atoms with van der Waals surface area (Å²) in [5, 5.41) is 10.4. The minimum atomic E-state index is -1.01. The summed E-state index contributed by atoms with van der Waals surface area (Å²) >= 11 is 5.93. The van der Waals surface area contributed by atoms with Crippen molar-refractivity contribution >= 4 is 34.2 Å². The van der Waals surface area contributed by atoms with Gasteiger partial charge in [0.2, 0.25) is 0 Å². The lowest BCUT2D eigenvalue weighted by molar-refractivity contribution is 0.0699. The number of aromatic carboxylic acids is 1. The van der Waals surface area contributed by atoms with Crippen LogP contribution < -0.4 is 5.73 Å². The van der Waals surface area contributed by atoms with E-state index in [2.05, 4.69) is 4.98 Å². The predicted octanol–water partition coefficient (Wildman–Crippen LogP) is 3.84. The molecule has 0 saturated carbocycles. The smallest absolute Gasteiger partial charge is 0.336 e. The van der Waals surface area contributed by atoms with Crippen LogP contribution in [0.4, 0.5) is 5.69 Å². The Morgan fingerprint density at radius 1 is 1.10 bits per heavy atom. The molecule has 104 valence electrons. The van der Waals surface area contributed by atoms with Crippen molar-refractivity contribution < 1.29 is 9.90 Å². The Kier molecular flexibility index (Phi) is 3.23. The number of benzene rings is 2. The quantitative estimate of drug-likeness (QED) is 0.705. The first-order valence-corrected chi connectivity index (χ1v) is 6.62. The number of fused-ring (bicyclic) bond motifs is 1. The average molecular weight is 299 g/mol. The number of carboxylic acid groups (broad SMARTS) is 1. The number of nitrogen functional groups attached to an aromatic ring is 1. The second-order valence-corrected chi connectivity index (χ2v) is 5.08. The number of rotatable bonds is 2. The lowest BCUT2D eigenvalue weighted by Gasteiger charge is -2.08. The lowest BCUT2D eigenvalue weighted by atomic mass is 10.0. The van der Waals surface area contributed by atoms with E-state index in [0.29, 0.717) is 27.3 Å². The lowest BCUT2D eigenvalue weighted by Crippen LogP contribution is -2.00. The number of nitrogens with zero attached hydrogens (tertiary/aromatic N) is 1. The zero-order valence-electron chi connectivity index (χ0n) is 10.9. The minimum Gasteiger partial charge on any atom is -0.478 e. The molecule has 0 fully saturated rings. The summed E-state index contributed by atoms with van der Waals surface area (Å²) in [7, 11) is 0. The van der Waals surface area contributed by atoms with E-state index in [-0.39, 0.29) is 5.56 Å². The van der Waals surface area contributed by atoms with Crippen LogP contribution in [-0.2, 0) is 0 Å². The minimum absolute atomic E-state index is 0.175. The number of pyridine rings is 1. The van der Waals surface area contributed by atoms with Crippen molar-refractivity contribution in [2.24, 2.45) is 0 Å². The molecule has 0 unspecified atom stereocenters. The Labute approximate surface area is 125 Å². The first-order valence-electron chi connectivity index (χ1n) is 6.24. The molecule has 3 aromatic rings. The maximum absolute atomic E-state index is 11.5. The molecular weight excluding hydrogens is 288 g/mol. The maximum atomic E-state index is 11.5. The van der Waals surface area contributed by atoms with Crippen molar-refractivity contribution in [1.82, 2.24) is 4.98 Å². The molecule has 3 rings (SSSR count). The Morgan fingerprint density at radius 3 is 2.48 bits per heavy atom. The first-order chi connectivity index (χ1) is 10.0. The highest BCUT2D eigenvalue weighted by Gasteiger charge is 2.13. The Morgan fingerprint density at radius 2 is 1.81 bits per heavy atom. The normalized spacial score (nSPS) is 10.7. The van der Waals surface area contributed by atoms with Gasteiger partial charge in [-0.15, -0.1) is 0 Å². The maximum Gasteiger partial charge on any atom is 0.336 e. The molecule has 0 aliphatic carbocycles. The van der Waals surface area contributed by atoms with Gasteiger partial charge >= 0.3 is 5.97 Å². The molecule has 2 aromatic carbocycles. The molecule has 0 amide bonds. The number of anilines is 1. The molecule has 4 nitrogen and oxygen atoms in total. The van der Waals surface area contributed by atoms with Crippen molar-refractivity contribution in [3.8, 4) is 11.3 Å². The van der Waals surface area contributed by atoms with E-state index in [4.69, 9.17) is 17.3 Å². The third-order valence-electron chi connectivity index (χ3n) is 3.21. The van der Waals surface area contributed by atoms with Gasteiger partial charge in [-0.3, -0.25) is 0 Å². The fourth-order valence-electron chi connectivity index (χ4n) is 2.18. The molecule has 0 aliphatic heterocycles. The molecule has 0 saturated heterocycles. The van der Waals surface area contributed by atoms with Crippen LogP contribution in [0.2, 0.25) is 5.02 Å². The van der Waals surface area contributed by atoms with Gasteiger partial charge in [-0.05, 0) is 36.4 Å². The summed E-state index contributed by atoms with van der Waals surface area (Å²) in [6.07, 6.45) is 0. The van der Waals surface area contributed by atoms with Crippen LogP contribution in [0.15, 0.2) is 48.5 Å². The molecule has 0 radical (unpaired) electrons. The Bertz CT molecular complexity index is 845. The van der Waals surface area contributed by atoms with Crippen molar-refractivity contribution in [1.29, 1.82) is 0 Å². The summed E-state index contributed by atoms with van der Waals surface area (Å²) in [6.45, 7) is 0. The third-order valence-corrected chi connectivity index (χ3v) is 3.44. The van der Waals surface area contributed by atoms with Crippen molar-refractivity contribution in [2.75, 3.05) is 5.73 Å². The SMILES string of the molecule is Nc1ccc(-c2cc(C(=O)O)c3cc(Cl)ccc3n2)cc1. The van der Waals surface area contributed by atoms with Gasteiger partial charge in [0.25, 0.3) is 0 Å². The predicted molar refractivity (Wildman–Crippen MR) is 83.6 cm³/mol. The van der Waals surface area contributed by atoms with Crippen molar-refractivity contribution in [2.45, 2.75) is 0 Å². The van der Waals surface area contributed by atoms with E-state index >= 15 is 0 Å². The number of aromatic nitrogens is 1. The number of carboxylic acids is 1. The van der Waals surface area contributed by atoms with Crippen LogP contribution in [0.25, 0.3) is 22.2 Å². The van der Waals surface area contributed by atoms with Gasteiger partial charge in [-0.2, -0.15) is 0 Å². The van der Waals surface area contributed by atoms with Crippen LogP contribution in [0.5, 0.6) is 0 Å². The van der Waals surface area contributed by atoms with E-state index in [9.17, 15) is 9.90 Å². The highest BCUT2D eigenvalue weighted by molar-refractivity contribution is 6.31. The summed E-state index contributed by atoms with van der Waals surface area (Å²) < 4.78 is 0. The molecule has 1 aromatic heterocycles. The van der Waals surface area contributed by atoms with E-state index in [1.807, 2.05) is 12.1 Å². The number of hydrogen-bond acceptors (Lipinski definition) is 3. The van der Waals surface area contributed by atoms with Crippen LogP contribution in [-0.4, -0.2) is 16.1 Å². The zero-order valence-corrected chi connectivity index (χ0v) is 11.6. The molecule has 0 aliphatic rings. The fraction of sp³-hybridized carbons (Fsp3) is 0. The first kappa shape index (κ1) is 13.4. The molecule has 5 heteroatoms. The van der Waals surface area contributed by atoms with Gasteiger partial charge in [0.15, 0.2) is 0 Å². The number of nitrogens with two attached hydrogens (primary N) is 1. The number of halogens is 1. The summed E-state index contributed by atoms with van der Waals surface area (Å²) in [4.78, 5) is 16.0. The third kappa shape index (κ3) is 2.53. The van der Waals surface area contributed by atoms with Crippen LogP contribution in [0.1, 0.15) is 10.4 Å². The monoisotopic (exact) mass is 298 g/mol. The van der Waals surface area contributed by atoms with E-state index < -0.39 is 5.97 Å². The number of hydrogen-bond donors (Lipinski definition) is 2.